The fourth-order valence-corrected chi connectivity index (χ4v) is 2.25. The van der Waals surface area contributed by atoms with Crippen LogP contribution in [0.4, 0.5) is 5.82 Å². The molecule has 0 aliphatic carbocycles. The molecule has 88 valence electrons. The van der Waals surface area contributed by atoms with Gasteiger partial charge in [-0.1, -0.05) is 12.2 Å². The van der Waals surface area contributed by atoms with Crippen molar-refractivity contribution < 1.29 is 5.11 Å². The second-order valence-electron chi connectivity index (χ2n) is 4.10. The zero-order chi connectivity index (χ0) is 11.7. The van der Waals surface area contributed by atoms with Crippen LogP contribution in [0.25, 0.3) is 11.0 Å². The molecule has 0 saturated carbocycles. The second-order valence-corrected chi connectivity index (χ2v) is 4.10. The van der Waals surface area contributed by atoms with Crippen LogP contribution in [0.2, 0.25) is 0 Å². The van der Waals surface area contributed by atoms with E-state index >= 15 is 0 Å². The molecule has 1 aliphatic heterocycles. The highest BCUT2D eigenvalue weighted by Crippen LogP contribution is 2.25. The van der Waals surface area contributed by atoms with Gasteiger partial charge in [-0.2, -0.15) is 0 Å². The van der Waals surface area contributed by atoms with Crippen LogP contribution >= 0.6 is 0 Å². The molecule has 1 aliphatic rings. The summed E-state index contributed by atoms with van der Waals surface area (Å²) in [7, 11) is 0. The van der Waals surface area contributed by atoms with Crippen molar-refractivity contribution in [2.45, 2.75) is 12.5 Å². The zero-order valence-corrected chi connectivity index (χ0v) is 9.37. The van der Waals surface area contributed by atoms with E-state index in [0.717, 1.165) is 29.8 Å². The van der Waals surface area contributed by atoms with Gasteiger partial charge in [-0.3, -0.25) is 0 Å². The van der Waals surface area contributed by atoms with Gasteiger partial charge in [-0.15, -0.1) is 0 Å². The highest BCUT2D eigenvalue weighted by molar-refractivity contribution is 5.87. The van der Waals surface area contributed by atoms with Crippen LogP contribution in [-0.2, 0) is 0 Å². The second kappa shape index (κ2) is 4.18. The van der Waals surface area contributed by atoms with E-state index in [0.29, 0.717) is 0 Å². The number of anilines is 1. The summed E-state index contributed by atoms with van der Waals surface area (Å²) in [5.74, 6) is 0.889. The predicted molar refractivity (Wildman–Crippen MR) is 65.9 cm³/mol. The molecular weight excluding hydrogens is 216 g/mol. The summed E-state index contributed by atoms with van der Waals surface area (Å²) in [5.41, 5.74) is 0.834. The first-order valence-corrected chi connectivity index (χ1v) is 5.72. The molecule has 2 N–H and O–H groups in total. The van der Waals surface area contributed by atoms with E-state index in [9.17, 15) is 5.11 Å². The molecule has 3 heterocycles. The Morgan fingerprint density at radius 1 is 1.47 bits per heavy atom. The number of aliphatic hydroxyl groups is 1. The molecule has 5 nitrogen and oxygen atoms in total. The quantitative estimate of drug-likeness (QED) is 0.758. The molecule has 0 unspecified atom stereocenters. The van der Waals surface area contributed by atoms with Crippen LogP contribution < -0.4 is 4.90 Å². The number of nitrogens with zero attached hydrogens (tertiary/aromatic N) is 3. The van der Waals surface area contributed by atoms with Crippen molar-refractivity contribution in [3.8, 4) is 0 Å². The molecule has 0 radical (unpaired) electrons. The molecule has 0 aromatic carbocycles. The van der Waals surface area contributed by atoms with Gasteiger partial charge < -0.3 is 15.0 Å². The average Bonchev–Trinajstić information content (AvgIpc) is 2.86. The maximum Gasteiger partial charge on any atom is 0.142 e. The molecule has 2 aromatic heterocycles. The normalized spacial score (nSPS) is 20.1. The minimum atomic E-state index is 0.0109. The number of hydrogen-bond donors (Lipinski definition) is 2. The van der Waals surface area contributed by atoms with Crippen molar-refractivity contribution in [3.63, 3.8) is 0 Å². The molecule has 1 atom stereocenters. The van der Waals surface area contributed by atoms with Gasteiger partial charge in [0.1, 0.15) is 17.8 Å². The minimum absolute atomic E-state index is 0.0109. The fraction of sp³-hybridized carbons (Fsp3) is 0.333. The first-order chi connectivity index (χ1) is 8.40. The van der Waals surface area contributed by atoms with Crippen molar-refractivity contribution in [3.05, 3.63) is 30.7 Å². The Kier molecular flexibility index (Phi) is 2.53. The van der Waals surface area contributed by atoms with Crippen molar-refractivity contribution >= 4 is 16.9 Å². The molecular formula is C12H14N4O. The summed E-state index contributed by atoms with van der Waals surface area (Å²) in [6.07, 6.45) is 8.53. The molecule has 0 spiro atoms. The molecule has 17 heavy (non-hydrogen) atoms. The predicted octanol–water partition coefficient (Wildman–Crippen LogP) is 1.09. The van der Waals surface area contributed by atoms with Gasteiger partial charge in [0.15, 0.2) is 0 Å². The lowest BCUT2D eigenvalue weighted by molar-refractivity contribution is 0.275. The first-order valence-electron chi connectivity index (χ1n) is 5.72. The Hall–Kier alpha value is -1.88. The maximum absolute atomic E-state index is 9.40. The Balaban J connectivity index is 2.08. The molecule has 0 saturated heterocycles. The molecule has 0 bridgehead atoms. The highest BCUT2D eigenvalue weighted by atomic mass is 16.3. The standard InChI is InChI=1S/C12H14N4O/c17-7-9-3-1-2-6-16(9)12-10-4-5-13-11(10)14-8-15-12/h1,3-5,8-9,17H,2,6-7H2,(H,13,14,15)/t9-/m0/s1. The summed E-state index contributed by atoms with van der Waals surface area (Å²) in [6.45, 7) is 0.978. The van der Waals surface area contributed by atoms with Gasteiger partial charge >= 0.3 is 0 Å². The number of nitrogens with one attached hydrogen (secondary N) is 1. The van der Waals surface area contributed by atoms with Gasteiger partial charge in [-0.25, -0.2) is 9.97 Å². The summed E-state index contributed by atoms with van der Waals surface area (Å²) in [6, 6.07) is 1.98. The van der Waals surface area contributed by atoms with Crippen molar-refractivity contribution in [1.82, 2.24) is 15.0 Å². The molecule has 2 aromatic rings. The lowest BCUT2D eigenvalue weighted by Crippen LogP contribution is -2.40. The van der Waals surface area contributed by atoms with Gasteiger partial charge in [0.2, 0.25) is 0 Å². The molecule has 5 heteroatoms. The van der Waals surface area contributed by atoms with Crippen molar-refractivity contribution in [2.75, 3.05) is 18.1 Å². The maximum atomic E-state index is 9.40. The smallest absolute Gasteiger partial charge is 0.142 e. The highest BCUT2D eigenvalue weighted by Gasteiger charge is 2.21. The topological polar surface area (TPSA) is 65.0 Å². The Morgan fingerprint density at radius 3 is 3.29 bits per heavy atom. The van der Waals surface area contributed by atoms with Gasteiger partial charge in [0.05, 0.1) is 18.0 Å². The van der Waals surface area contributed by atoms with E-state index in [-0.39, 0.29) is 12.6 Å². The Morgan fingerprint density at radius 2 is 2.41 bits per heavy atom. The van der Waals surface area contributed by atoms with Crippen LogP contribution in [0, 0.1) is 0 Å². The van der Waals surface area contributed by atoms with Crippen LogP contribution in [0.5, 0.6) is 0 Å². The molecule has 3 rings (SSSR count). The van der Waals surface area contributed by atoms with Crippen LogP contribution in [-0.4, -0.2) is 39.3 Å². The Labute approximate surface area is 98.8 Å². The molecule has 0 fully saturated rings. The summed E-state index contributed by atoms with van der Waals surface area (Å²) < 4.78 is 0. The van der Waals surface area contributed by atoms with Crippen LogP contribution in [0.3, 0.4) is 0 Å². The summed E-state index contributed by atoms with van der Waals surface area (Å²) in [4.78, 5) is 13.7. The number of rotatable bonds is 2. The lowest BCUT2D eigenvalue weighted by Gasteiger charge is -2.32. The van der Waals surface area contributed by atoms with E-state index in [1.165, 1.54) is 0 Å². The van der Waals surface area contributed by atoms with E-state index in [1.807, 2.05) is 18.3 Å². The third-order valence-electron chi connectivity index (χ3n) is 3.09. The number of aliphatic hydroxyl groups excluding tert-OH is 1. The third-order valence-corrected chi connectivity index (χ3v) is 3.09. The number of aromatic amines is 1. The van der Waals surface area contributed by atoms with E-state index in [2.05, 4.69) is 25.9 Å². The average molecular weight is 230 g/mol. The van der Waals surface area contributed by atoms with E-state index < -0.39 is 0 Å². The Bertz CT molecular complexity index is 548. The van der Waals surface area contributed by atoms with Gasteiger partial charge in [-0.05, 0) is 12.5 Å². The number of H-pyrrole nitrogens is 1. The monoisotopic (exact) mass is 230 g/mol. The number of hydrogen-bond acceptors (Lipinski definition) is 4. The SMILES string of the molecule is OC[C@@H]1C=CCCN1c1ncnc2[nH]ccc12. The summed E-state index contributed by atoms with van der Waals surface area (Å²) >= 11 is 0. The van der Waals surface area contributed by atoms with Crippen LogP contribution in [0.1, 0.15) is 6.42 Å². The fourth-order valence-electron chi connectivity index (χ4n) is 2.25. The van der Waals surface area contributed by atoms with E-state index in [4.69, 9.17) is 0 Å². The summed E-state index contributed by atoms with van der Waals surface area (Å²) in [5, 5.41) is 10.4. The number of aromatic nitrogens is 3. The van der Waals surface area contributed by atoms with E-state index in [1.54, 1.807) is 6.33 Å². The van der Waals surface area contributed by atoms with Gasteiger partial charge in [0.25, 0.3) is 0 Å². The lowest BCUT2D eigenvalue weighted by atomic mass is 10.1. The third kappa shape index (κ3) is 1.68. The van der Waals surface area contributed by atoms with Crippen LogP contribution in [0.15, 0.2) is 30.7 Å². The number of fused-ring (bicyclic) bond motifs is 1. The van der Waals surface area contributed by atoms with Crippen molar-refractivity contribution in [2.24, 2.45) is 0 Å². The largest absolute Gasteiger partial charge is 0.394 e. The van der Waals surface area contributed by atoms with Crippen molar-refractivity contribution in [1.29, 1.82) is 0 Å². The minimum Gasteiger partial charge on any atom is -0.394 e. The van der Waals surface area contributed by atoms with Gasteiger partial charge in [0, 0.05) is 12.7 Å². The molecule has 0 amide bonds. The zero-order valence-electron chi connectivity index (χ0n) is 9.37. The first kappa shape index (κ1) is 10.3.